The number of carbonyl (C=O) groups excluding carboxylic acids is 2. The van der Waals surface area contributed by atoms with Crippen LogP contribution in [-0.4, -0.2) is 47.4 Å². The number of ether oxygens (including phenoxy) is 1. The van der Waals surface area contributed by atoms with Crippen LogP contribution < -0.4 is 5.32 Å². The normalized spacial score (nSPS) is 12.6. The molecule has 0 aromatic rings. The average Bonchev–Trinajstić information content (AvgIpc) is 3.42. The molecule has 0 aromatic carbocycles. The van der Waals surface area contributed by atoms with Crippen molar-refractivity contribution in [3.63, 3.8) is 0 Å². The Morgan fingerprint density at radius 2 is 0.618 bits per heavy atom. The third kappa shape index (κ3) is 61.6. The van der Waals surface area contributed by atoms with Gasteiger partial charge in [0.15, 0.2) is 0 Å². The van der Waals surface area contributed by atoms with Gasteiger partial charge < -0.3 is 20.3 Å². The van der Waals surface area contributed by atoms with Crippen molar-refractivity contribution in [2.24, 2.45) is 0 Å². The van der Waals surface area contributed by atoms with Gasteiger partial charge in [0.1, 0.15) is 0 Å². The molecule has 0 saturated carbocycles. The maximum absolute atomic E-state index is 12.5. The molecule has 0 fully saturated rings. The van der Waals surface area contributed by atoms with Crippen LogP contribution >= 0.6 is 0 Å². The second-order valence-corrected chi connectivity index (χ2v) is 23.9. The summed E-state index contributed by atoms with van der Waals surface area (Å²) in [6, 6.07) is -0.627. The molecule has 1 amide bonds. The van der Waals surface area contributed by atoms with Crippen molar-refractivity contribution in [3.05, 3.63) is 24.3 Å². The van der Waals surface area contributed by atoms with Crippen LogP contribution in [-0.2, 0) is 14.3 Å². The van der Waals surface area contributed by atoms with Crippen molar-refractivity contribution in [1.82, 2.24) is 5.32 Å². The van der Waals surface area contributed by atoms with E-state index in [1.807, 2.05) is 6.08 Å². The Bertz CT molecular complexity index is 1190. The Balaban J connectivity index is 3.39. The molecule has 0 aliphatic heterocycles. The standard InChI is InChI=1S/C70H135NO5/c1-3-5-7-9-11-13-15-17-18-19-20-21-27-30-33-36-39-42-46-50-54-58-62-68(73)67(66-72)71-69(74)63-59-55-51-47-43-40-37-34-31-28-25-23-22-24-26-29-32-35-38-41-45-49-53-57-61-65-76-70(75)64-60-56-52-48-44-16-14-12-10-8-6-4-2/h12,14,58,62,67-68,72-73H,3-11,13,15-57,59-61,63-66H2,1-2H3,(H,71,74)/b14-12-,62-58+. The summed E-state index contributed by atoms with van der Waals surface area (Å²) in [6.07, 6.45) is 82.5. The number of aliphatic hydroxyl groups excluding tert-OH is 2. The number of rotatable bonds is 65. The molecule has 450 valence electrons. The summed E-state index contributed by atoms with van der Waals surface area (Å²) in [5.74, 6) is -0.0557. The highest BCUT2D eigenvalue weighted by molar-refractivity contribution is 5.76. The van der Waals surface area contributed by atoms with Gasteiger partial charge in [0, 0.05) is 12.8 Å². The summed E-state index contributed by atoms with van der Waals surface area (Å²) >= 11 is 0. The number of aliphatic hydroxyl groups is 2. The Hall–Kier alpha value is -1.66. The molecule has 6 nitrogen and oxygen atoms in total. The fourth-order valence-corrected chi connectivity index (χ4v) is 10.9. The maximum Gasteiger partial charge on any atom is 0.305 e. The van der Waals surface area contributed by atoms with Crippen LogP contribution in [0.3, 0.4) is 0 Å². The molecule has 0 saturated heterocycles. The first-order chi connectivity index (χ1) is 37.5. The SMILES string of the molecule is CCCCC/C=C\CCCCCCCC(=O)OCCCCCCCCCCCCCCCCCCCCCCCCCCCC(=O)NC(CO)C(O)/C=C/CCCCCCCCCCCCCCCCCCCCCC. The van der Waals surface area contributed by atoms with Crippen LogP contribution in [0.15, 0.2) is 24.3 Å². The summed E-state index contributed by atoms with van der Waals surface area (Å²) in [5, 5.41) is 23.3. The summed E-state index contributed by atoms with van der Waals surface area (Å²) in [7, 11) is 0. The molecular formula is C70H135NO5. The minimum atomic E-state index is -0.844. The predicted octanol–water partition coefficient (Wildman–Crippen LogP) is 22.1. The fourth-order valence-electron chi connectivity index (χ4n) is 10.9. The van der Waals surface area contributed by atoms with Crippen molar-refractivity contribution >= 4 is 11.9 Å². The van der Waals surface area contributed by atoms with Gasteiger partial charge in [-0.25, -0.2) is 0 Å². The lowest BCUT2D eigenvalue weighted by atomic mass is 10.0. The summed E-state index contributed by atoms with van der Waals surface area (Å²) in [4.78, 5) is 24.5. The second kappa shape index (κ2) is 65.9. The maximum atomic E-state index is 12.5. The van der Waals surface area contributed by atoms with Crippen LogP contribution in [0.25, 0.3) is 0 Å². The Labute approximate surface area is 475 Å². The number of nitrogens with one attached hydrogen (secondary N) is 1. The summed E-state index contributed by atoms with van der Waals surface area (Å²) < 4.78 is 5.47. The van der Waals surface area contributed by atoms with E-state index in [0.29, 0.717) is 19.4 Å². The topological polar surface area (TPSA) is 95.9 Å². The minimum Gasteiger partial charge on any atom is -0.466 e. The fraction of sp³-hybridized carbons (Fsp3) is 0.914. The van der Waals surface area contributed by atoms with Crippen LogP contribution in [0.4, 0.5) is 0 Å². The first-order valence-corrected chi connectivity index (χ1v) is 34.6. The van der Waals surface area contributed by atoms with Gasteiger partial charge in [-0.15, -0.1) is 0 Å². The molecule has 0 rings (SSSR count). The number of unbranched alkanes of at least 4 members (excludes halogenated alkanes) is 52. The van der Waals surface area contributed by atoms with E-state index >= 15 is 0 Å². The average molecular weight is 1070 g/mol. The lowest BCUT2D eigenvalue weighted by Crippen LogP contribution is -2.45. The van der Waals surface area contributed by atoms with E-state index in [4.69, 9.17) is 4.74 Å². The molecule has 0 heterocycles. The monoisotopic (exact) mass is 1070 g/mol. The van der Waals surface area contributed by atoms with Gasteiger partial charge in [-0.3, -0.25) is 9.59 Å². The largest absolute Gasteiger partial charge is 0.466 e. The van der Waals surface area contributed by atoms with Crippen LogP contribution in [0.1, 0.15) is 386 Å². The number of amides is 1. The van der Waals surface area contributed by atoms with E-state index in [9.17, 15) is 19.8 Å². The van der Waals surface area contributed by atoms with E-state index in [2.05, 4.69) is 31.3 Å². The van der Waals surface area contributed by atoms with Gasteiger partial charge in [0.2, 0.25) is 5.91 Å². The van der Waals surface area contributed by atoms with Gasteiger partial charge >= 0.3 is 5.97 Å². The highest BCUT2D eigenvalue weighted by Gasteiger charge is 2.18. The molecule has 3 N–H and O–H groups in total. The first-order valence-electron chi connectivity index (χ1n) is 34.6. The Morgan fingerprint density at radius 1 is 0.355 bits per heavy atom. The highest BCUT2D eigenvalue weighted by Crippen LogP contribution is 2.19. The van der Waals surface area contributed by atoms with E-state index < -0.39 is 12.1 Å². The third-order valence-corrected chi connectivity index (χ3v) is 16.2. The smallest absolute Gasteiger partial charge is 0.305 e. The third-order valence-electron chi connectivity index (χ3n) is 16.2. The van der Waals surface area contributed by atoms with Gasteiger partial charge in [0.05, 0.1) is 25.4 Å². The number of allylic oxidation sites excluding steroid dienone is 3. The molecule has 0 spiro atoms. The van der Waals surface area contributed by atoms with Crippen molar-refractivity contribution in [2.75, 3.05) is 13.2 Å². The second-order valence-electron chi connectivity index (χ2n) is 23.9. The number of esters is 1. The zero-order valence-corrected chi connectivity index (χ0v) is 51.5. The van der Waals surface area contributed by atoms with Crippen LogP contribution in [0, 0.1) is 0 Å². The highest BCUT2D eigenvalue weighted by atomic mass is 16.5. The van der Waals surface area contributed by atoms with Crippen LogP contribution in [0.2, 0.25) is 0 Å². The molecule has 2 atom stereocenters. The molecular weight excluding hydrogens is 935 g/mol. The van der Waals surface area contributed by atoms with Crippen molar-refractivity contribution in [3.8, 4) is 0 Å². The van der Waals surface area contributed by atoms with E-state index in [0.717, 1.165) is 44.9 Å². The van der Waals surface area contributed by atoms with E-state index in [1.54, 1.807) is 6.08 Å². The van der Waals surface area contributed by atoms with Gasteiger partial charge in [0.25, 0.3) is 0 Å². The van der Waals surface area contributed by atoms with Crippen LogP contribution in [0.5, 0.6) is 0 Å². The minimum absolute atomic E-state index is 0.00647. The molecule has 76 heavy (non-hydrogen) atoms. The Morgan fingerprint density at radius 3 is 0.961 bits per heavy atom. The summed E-state index contributed by atoms with van der Waals surface area (Å²) in [5.41, 5.74) is 0. The number of hydrogen-bond donors (Lipinski definition) is 3. The molecule has 6 heteroatoms. The molecule has 0 aliphatic rings. The molecule has 0 aliphatic carbocycles. The quantitative estimate of drug-likeness (QED) is 0.0320. The number of carbonyl (C=O) groups is 2. The molecule has 2 unspecified atom stereocenters. The van der Waals surface area contributed by atoms with Crippen molar-refractivity contribution in [2.45, 2.75) is 398 Å². The summed E-state index contributed by atoms with van der Waals surface area (Å²) in [6.45, 7) is 4.91. The molecule has 0 bridgehead atoms. The van der Waals surface area contributed by atoms with E-state index in [1.165, 1.54) is 315 Å². The molecule has 0 radical (unpaired) electrons. The zero-order valence-electron chi connectivity index (χ0n) is 51.5. The van der Waals surface area contributed by atoms with E-state index in [-0.39, 0.29) is 18.5 Å². The van der Waals surface area contributed by atoms with Crippen molar-refractivity contribution in [1.29, 1.82) is 0 Å². The van der Waals surface area contributed by atoms with Crippen molar-refractivity contribution < 1.29 is 24.5 Å². The number of hydrogen-bond acceptors (Lipinski definition) is 5. The first kappa shape index (κ1) is 74.3. The lowest BCUT2D eigenvalue weighted by Gasteiger charge is -2.20. The van der Waals surface area contributed by atoms with Gasteiger partial charge in [-0.1, -0.05) is 340 Å². The molecule has 0 aromatic heterocycles. The van der Waals surface area contributed by atoms with Gasteiger partial charge in [-0.05, 0) is 57.8 Å². The van der Waals surface area contributed by atoms with Gasteiger partial charge in [-0.2, -0.15) is 0 Å². The zero-order chi connectivity index (χ0) is 55.0. The predicted molar refractivity (Wildman–Crippen MR) is 333 cm³/mol. The Kier molecular flexibility index (Phi) is 64.4. The lowest BCUT2D eigenvalue weighted by molar-refractivity contribution is -0.143.